The monoisotopic (exact) mass is 255 g/mol. The topological polar surface area (TPSA) is 34.5 Å². The standard InChI is InChI=1S/C14H15N2OSi/c1-18(2)17-14-6-4-3-5-13(14)16-11-12-7-9-15-10-8-12/h3-11H,1-2H3. The molecule has 1 aromatic carbocycles. The second kappa shape index (κ2) is 6.12. The molecule has 0 fully saturated rings. The molecule has 0 spiro atoms. The molecule has 0 aliphatic rings. The molecule has 0 saturated heterocycles. The quantitative estimate of drug-likeness (QED) is 0.619. The van der Waals surface area contributed by atoms with Gasteiger partial charge in [-0.3, -0.25) is 9.98 Å². The number of pyridine rings is 1. The SMILES string of the molecule is C[Si](C)Oc1ccccc1N=Cc1ccncc1. The molecule has 2 aromatic rings. The number of aliphatic imine (C=N–C) groups is 1. The summed E-state index contributed by atoms with van der Waals surface area (Å²) in [5.41, 5.74) is 1.89. The van der Waals surface area contributed by atoms with Gasteiger partial charge in [0.2, 0.25) is 0 Å². The molecule has 0 saturated carbocycles. The van der Waals surface area contributed by atoms with E-state index >= 15 is 0 Å². The van der Waals surface area contributed by atoms with E-state index in [0.717, 1.165) is 17.0 Å². The number of nitrogens with zero attached hydrogens (tertiary/aromatic N) is 2. The normalized spacial score (nSPS) is 11.1. The van der Waals surface area contributed by atoms with Crippen molar-refractivity contribution in [3.05, 3.63) is 54.4 Å². The maximum Gasteiger partial charge on any atom is 0.274 e. The van der Waals surface area contributed by atoms with Gasteiger partial charge >= 0.3 is 0 Å². The highest BCUT2D eigenvalue weighted by atomic mass is 28.3. The van der Waals surface area contributed by atoms with E-state index in [1.807, 2.05) is 42.6 Å². The van der Waals surface area contributed by atoms with Crippen LogP contribution in [-0.4, -0.2) is 20.2 Å². The summed E-state index contributed by atoms with van der Waals surface area (Å²) in [4.78, 5) is 8.44. The van der Waals surface area contributed by atoms with E-state index in [-0.39, 0.29) is 0 Å². The highest BCUT2D eigenvalue weighted by Gasteiger charge is 2.04. The minimum absolute atomic E-state index is 0.775. The van der Waals surface area contributed by atoms with Gasteiger partial charge in [0.25, 0.3) is 9.04 Å². The van der Waals surface area contributed by atoms with Crippen LogP contribution in [0, 0.1) is 0 Å². The van der Waals surface area contributed by atoms with Gasteiger partial charge in [-0.15, -0.1) is 0 Å². The molecule has 0 amide bonds. The molecule has 0 unspecified atom stereocenters. The maximum absolute atomic E-state index is 5.81. The van der Waals surface area contributed by atoms with Crippen LogP contribution >= 0.6 is 0 Å². The Hall–Kier alpha value is -1.94. The lowest BCUT2D eigenvalue weighted by Gasteiger charge is -2.10. The van der Waals surface area contributed by atoms with Crippen LogP contribution in [0.5, 0.6) is 5.75 Å². The summed E-state index contributed by atoms with van der Waals surface area (Å²) in [5, 5.41) is 0. The number of hydrogen-bond acceptors (Lipinski definition) is 3. The zero-order chi connectivity index (χ0) is 12.8. The molecule has 1 heterocycles. The second-order valence-corrected chi connectivity index (χ2v) is 6.04. The van der Waals surface area contributed by atoms with Gasteiger partial charge in [0, 0.05) is 18.6 Å². The minimum atomic E-state index is -0.775. The smallest absolute Gasteiger partial charge is 0.274 e. The third-order valence-corrected chi connectivity index (χ3v) is 2.87. The molecular formula is C14H15N2OSi. The van der Waals surface area contributed by atoms with Crippen LogP contribution in [0.2, 0.25) is 13.1 Å². The fourth-order valence-corrected chi connectivity index (χ4v) is 2.08. The van der Waals surface area contributed by atoms with Gasteiger partial charge in [-0.05, 0) is 42.9 Å². The lowest BCUT2D eigenvalue weighted by Crippen LogP contribution is -2.11. The van der Waals surface area contributed by atoms with Gasteiger partial charge in [-0.25, -0.2) is 0 Å². The van der Waals surface area contributed by atoms with Crippen molar-refractivity contribution in [2.24, 2.45) is 4.99 Å². The molecule has 18 heavy (non-hydrogen) atoms. The van der Waals surface area contributed by atoms with E-state index in [1.54, 1.807) is 12.4 Å². The fraction of sp³-hybridized carbons (Fsp3) is 0.143. The number of hydrogen-bond donors (Lipinski definition) is 0. The molecule has 2 rings (SSSR count). The predicted molar refractivity (Wildman–Crippen MR) is 76.0 cm³/mol. The highest BCUT2D eigenvalue weighted by molar-refractivity contribution is 6.49. The Bertz CT molecular complexity index is 526. The maximum atomic E-state index is 5.81. The van der Waals surface area contributed by atoms with Crippen LogP contribution < -0.4 is 4.43 Å². The molecule has 3 nitrogen and oxygen atoms in total. The lowest BCUT2D eigenvalue weighted by molar-refractivity contribution is 0.582. The van der Waals surface area contributed by atoms with Crippen molar-refractivity contribution in [3.63, 3.8) is 0 Å². The summed E-state index contributed by atoms with van der Waals surface area (Å²) in [6.45, 7) is 4.21. The summed E-state index contributed by atoms with van der Waals surface area (Å²) in [7, 11) is -0.775. The van der Waals surface area contributed by atoms with Gasteiger partial charge in [-0.2, -0.15) is 0 Å². The van der Waals surface area contributed by atoms with E-state index in [2.05, 4.69) is 23.1 Å². The van der Waals surface area contributed by atoms with Crippen LogP contribution in [0.4, 0.5) is 5.69 Å². The van der Waals surface area contributed by atoms with Gasteiger partial charge in [0.15, 0.2) is 0 Å². The molecule has 0 aliphatic carbocycles. The number of aromatic nitrogens is 1. The second-order valence-electron chi connectivity index (χ2n) is 4.02. The van der Waals surface area contributed by atoms with Crippen molar-refractivity contribution in [2.75, 3.05) is 0 Å². The Labute approximate surface area is 109 Å². The van der Waals surface area contributed by atoms with E-state index in [9.17, 15) is 0 Å². The molecule has 0 bridgehead atoms. The number of benzene rings is 1. The summed E-state index contributed by atoms with van der Waals surface area (Å²) in [6, 6.07) is 11.7. The van der Waals surface area contributed by atoms with E-state index in [0.29, 0.717) is 0 Å². The average Bonchev–Trinajstić information content (AvgIpc) is 2.38. The zero-order valence-electron chi connectivity index (χ0n) is 10.5. The molecule has 0 aliphatic heterocycles. The third kappa shape index (κ3) is 3.53. The Kier molecular flexibility index (Phi) is 4.25. The van der Waals surface area contributed by atoms with Crippen molar-refractivity contribution in [2.45, 2.75) is 13.1 Å². The van der Waals surface area contributed by atoms with Crippen molar-refractivity contribution in [3.8, 4) is 5.75 Å². The van der Waals surface area contributed by atoms with Crippen molar-refractivity contribution in [1.29, 1.82) is 0 Å². The predicted octanol–water partition coefficient (Wildman–Crippen LogP) is 3.46. The first-order valence-electron chi connectivity index (χ1n) is 5.77. The zero-order valence-corrected chi connectivity index (χ0v) is 11.5. The molecule has 91 valence electrons. The van der Waals surface area contributed by atoms with E-state index < -0.39 is 9.04 Å². The number of rotatable bonds is 4. The first-order chi connectivity index (χ1) is 8.75. The van der Waals surface area contributed by atoms with E-state index in [4.69, 9.17) is 4.43 Å². The van der Waals surface area contributed by atoms with Crippen LogP contribution in [-0.2, 0) is 0 Å². The number of para-hydroxylation sites is 2. The first kappa shape index (κ1) is 12.5. The summed E-state index contributed by atoms with van der Waals surface area (Å²) >= 11 is 0. The fourth-order valence-electron chi connectivity index (χ4n) is 1.46. The van der Waals surface area contributed by atoms with Crippen LogP contribution in [0.1, 0.15) is 5.56 Å². The van der Waals surface area contributed by atoms with E-state index in [1.165, 1.54) is 0 Å². The molecule has 4 heteroatoms. The Balaban J connectivity index is 2.21. The van der Waals surface area contributed by atoms with Gasteiger partial charge in [0.1, 0.15) is 11.4 Å². The first-order valence-corrected chi connectivity index (χ1v) is 8.17. The van der Waals surface area contributed by atoms with Crippen molar-refractivity contribution >= 4 is 20.9 Å². The summed E-state index contributed by atoms with van der Waals surface area (Å²) in [6.07, 6.45) is 5.33. The van der Waals surface area contributed by atoms with Gasteiger partial charge in [0.05, 0.1) is 0 Å². The van der Waals surface area contributed by atoms with Gasteiger partial charge in [-0.1, -0.05) is 12.1 Å². The minimum Gasteiger partial charge on any atom is -0.541 e. The molecule has 0 atom stereocenters. The Morgan fingerprint density at radius 2 is 1.83 bits per heavy atom. The third-order valence-electron chi connectivity index (χ3n) is 2.24. The van der Waals surface area contributed by atoms with Crippen LogP contribution in [0.15, 0.2) is 53.8 Å². The largest absolute Gasteiger partial charge is 0.541 e. The Morgan fingerprint density at radius 1 is 1.11 bits per heavy atom. The lowest BCUT2D eigenvalue weighted by atomic mass is 10.3. The van der Waals surface area contributed by atoms with Crippen LogP contribution in [0.25, 0.3) is 0 Å². The molecule has 0 N–H and O–H groups in total. The summed E-state index contributed by atoms with van der Waals surface area (Å²) < 4.78 is 5.81. The average molecular weight is 255 g/mol. The molecule has 1 radical (unpaired) electrons. The van der Waals surface area contributed by atoms with Crippen molar-refractivity contribution < 1.29 is 4.43 Å². The van der Waals surface area contributed by atoms with Crippen molar-refractivity contribution in [1.82, 2.24) is 4.98 Å². The van der Waals surface area contributed by atoms with Gasteiger partial charge < -0.3 is 4.43 Å². The highest BCUT2D eigenvalue weighted by Crippen LogP contribution is 2.27. The molecule has 1 aromatic heterocycles. The van der Waals surface area contributed by atoms with Crippen LogP contribution in [0.3, 0.4) is 0 Å². The Morgan fingerprint density at radius 3 is 2.56 bits per heavy atom. The molecular weight excluding hydrogens is 240 g/mol. The summed E-state index contributed by atoms with van der Waals surface area (Å²) in [5.74, 6) is 0.849.